The van der Waals surface area contributed by atoms with Crippen LogP contribution in [-0.2, 0) is 0 Å². The van der Waals surface area contributed by atoms with Gasteiger partial charge in [0, 0.05) is 24.7 Å². The smallest absolute Gasteiger partial charge is 0.108 e. The lowest BCUT2D eigenvalue weighted by atomic mass is 9.97. The van der Waals surface area contributed by atoms with E-state index in [1.54, 1.807) is 0 Å². The van der Waals surface area contributed by atoms with E-state index in [1.807, 2.05) is 0 Å². The van der Waals surface area contributed by atoms with Crippen LogP contribution in [0.3, 0.4) is 0 Å². The Morgan fingerprint density at radius 3 is 2.70 bits per heavy atom. The van der Waals surface area contributed by atoms with E-state index in [9.17, 15) is 5.26 Å². The van der Waals surface area contributed by atoms with Crippen LogP contribution in [0.1, 0.15) is 46.0 Å². The second-order valence-corrected chi connectivity index (χ2v) is 7.14. The molecule has 0 spiro atoms. The van der Waals surface area contributed by atoms with Crippen LogP contribution in [-0.4, -0.2) is 60.6 Å². The van der Waals surface area contributed by atoms with Gasteiger partial charge in [-0.1, -0.05) is 0 Å². The Morgan fingerprint density at radius 1 is 1.35 bits per heavy atom. The van der Waals surface area contributed by atoms with Crippen LogP contribution < -0.4 is 5.32 Å². The largest absolute Gasteiger partial charge is 0.305 e. The molecule has 2 fully saturated rings. The van der Waals surface area contributed by atoms with Crippen LogP contribution >= 0.6 is 0 Å². The number of likely N-dealkylation sites (N-methyl/N-ethyl adjacent to an activating group) is 1. The highest BCUT2D eigenvalue weighted by molar-refractivity contribution is 5.14. The van der Waals surface area contributed by atoms with Gasteiger partial charge in [-0.15, -0.1) is 0 Å². The summed E-state index contributed by atoms with van der Waals surface area (Å²) >= 11 is 0. The standard InChI is InChI=1S/C16H30N4/c1-13(2)18-16(12-17)8-7-14(10-16)20-9-5-6-15(11-20)19(3)4/h13-15,18H,5-11H2,1-4H3. The minimum Gasteiger partial charge on any atom is -0.305 e. The van der Waals surface area contributed by atoms with Gasteiger partial charge >= 0.3 is 0 Å². The molecular formula is C16H30N4. The molecule has 114 valence electrons. The van der Waals surface area contributed by atoms with Crippen molar-refractivity contribution >= 4 is 0 Å². The molecule has 3 unspecified atom stereocenters. The van der Waals surface area contributed by atoms with Crippen molar-refractivity contribution in [3.8, 4) is 6.07 Å². The van der Waals surface area contributed by atoms with Crippen LogP contribution in [0.25, 0.3) is 0 Å². The number of hydrogen-bond donors (Lipinski definition) is 1. The summed E-state index contributed by atoms with van der Waals surface area (Å²) in [6.07, 6.45) is 5.74. The minimum atomic E-state index is -0.288. The summed E-state index contributed by atoms with van der Waals surface area (Å²) in [5.41, 5.74) is -0.288. The zero-order chi connectivity index (χ0) is 14.8. The Balaban J connectivity index is 1.96. The zero-order valence-corrected chi connectivity index (χ0v) is 13.5. The van der Waals surface area contributed by atoms with E-state index in [2.05, 4.69) is 49.1 Å². The maximum atomic E-state index is 9.58. The van der Waals surface area contributed by atoms with Crippen molar-refractivity contribution in [3.05, 3.63) is 0 Å². The summed E-state index contributed by atoms with van der Waals surface area (Å²) in [6, 6.07) is 4.21. The van der Waals surface area contributed by atoms with Crippen LogP contribution in [0.2, 0.25) is 0 Å². The van der Waals surface area contributed by atoms with Gasteiger partial charge in [0.25, 0.3) is 0 Å². The van der Waals surface area contributed by atoms with Crippen molar-refractivity contribution in [2.75, 3.05) is 27.2 Å². The van der Waals surface area contributed by atoms with Gasteiger partial charge in [-0.2, -0.15) is 5.26 Å². The summed E-state index contributed by atoms with van der Waals surface area (Å²) in [6.45, 7) is 6.64. The summed E-state index contributed by atoms with van der Waals surface area (Å²) < 4.78 is 0. The molecule has 0 aromatic carbocycles. The molecule has 0 amide bonds. The molecule has 1 heterocycles. The first kappa shape index (κ1) is 15.8. The normalized spacial score (nSPS) is 35.6. The second kappa shape index (κ2) is 6.43. The van der Waals surface area contributed by atoms with Crippen molar-refractivity contribution in [1.29, 1.82) is 5.26 Å². The fourth-order valence-corrected chi connectivity index (χ4v) is 3.88. The maximum absolute atomic E-state index is 9.58. The van der Waals surface area contributed by atoms with Gasteiger partial charge in [-0.25, -0.2) is 0 Å². The first-order valence-corrected chi connectivity index (χ1v) is 8.05. The fourth-order valence-electron chi connectivity index (χ4n) is 3.88. The molecular weight excluding hydrogens is 248 g/mol. The molecule has 1 aliphatic carbocycles. The predicted octanol–water partition coefficient (Wildman–Crippen LogP) is 1.83. The van der Waals surface area contributed by atoms with Crippen molar-refractivity contribution in [3.63, 3.8) is 0 Å². The lowest BCUT2D eigenvalue weighted by Gasteiger charge is -2.39. The number of nitrogens with zero attached hydrogens (tertiary/aromatic N) is 3. The summed E-state index contributed by atoms with van der Waals surface area (Å²) in [5.74, 6) is 0. The Kier molecular flexibility index (Phi) is 5.06. The molecule has 0 radical (unpaired) electrons. The SMILES string of the molecule is CC(C)NC1(C#N)CCC(N2CCCC(N(C)C)C2)C1. The Hall–Kier alpha value is -0.630. The zero-order valence-electron chi connectivity index (χ0n) is 13.5. The van der Waals surface area contributed by atoms with E-state index in [0.29, 0.717) is 18.1 Å². The summed E-state index contributed by atoms with van der Waals surface area (Å²) in [7, 11) is 4.37. The Bertz CT molecular complexity index is 360. The number of likely N-dealkylation sites (tertiary alicyclic amines) is 1. The molecule has 4 nitrogen and oxygen atoms in total. The number of hydrogen-bond acceptors (Lipinski definition) is 4. The molecule has 2 aliphatic rings. The summed E-state index contributed by atoms with van der Waals surface area (Å²) in [4.78, 5) is 4.99. The van der Waals surface area contributed by atoms with Gasteiger partial charge in [0.05, 0.1) is 6.07 Å². The average molecular weight is 278 g/mol. The molecule has 1 N–H and O–H groups in total. The minimum absolute atomic E-state index is 0.288. The molecule has 2 rings (SSSR count). The third-order valence-corrected chi connectivity index (χ3v) is 4.94. The van der Waals surface area contributed by atoms with Crippen molar-refractivity contribution < 1.29 is 0 Å². The van der Waals surface area contributed by atoms with Crippen LogP contribution in [0.5, 0.6) is 0 Å². The van der Waals surface area contributed by atoms with Gasteiger partial charge in [0.15, 0.2) is 0 Å². The van der Waals surface area contributed by atoms with Gasteiger partial charge < -0.3 is 4.90 Å². The number of nitriles is 1. The van der Waals surface area contributed by atoms with Gasteiger partial charge in [-0.05, 0) is 66.6 Å². The van der Waals surface area contributed by atoms with E-state index >= 15 is 0 Å². The maximum Gasteiger partial charge on any atom is 0.108 e. The third-order valence-electron chi connectivity index (χ3n) is 4.94. The second-order valence-electron chi connectivity index (χ2n) is 7.14. The van der Waals surface area contributed by atoms with Gasteiger partial charge in [0.1, 0.15) is 5.54 Å². The molecule has 0 bridgehead atoms. The first-order chi connectivity index (χ1) is 9.46. The predicted molar refractivity (Wildman–Crippen MR) is 82.5 cm³/mol. The van der Waals surface area contributed by atoms with E-state index < -0.39 is 0 Å². The Labute approximate surface area is 124 Å². The lowest BCUT2D eigenvalue weighted by Crippen LogP contribution is -2.50. The van der Waals surface area contributed by atoms with Crippen LogP contribution in [0, 0.1) is 11.3 Å². The van der Waals surface area contributed by atoms with E-state index in [4.69, 9.17) is 0 Å². The van der Waals surface area contributed by atoms with Gasteiger partial charge in [0.2, 0.25) is 0 Å². The molecule has 3 atom stereocenters. The molecule has 20 heavy (non-hydrogen) atoms. The molecule has 4 heteroatoms. The molecule has 0 aromatic heterocycles. The average Bonchev–Trinajstić information content (AvgIpc) is 2.83. The van der Waals surface area contributed by atoms with Crippen LogP contribution in [0.15, 0.2) is 0 Å². The quantitative estimate of drug-likeness (QED) is 0.852. The fraction of sp³-hybridized carbons (Fsp3) is 0.938. The van der Waals surface area contributed by atoms with Crippen molar-refractivity contribution in [1.82, 2.24) is 15.1 Å². The number of rotatable bonds is 4. The highest BCUT2D eigenvalue weighted by Gasteiger charge is 2.42. The van der Waals surface area contributed by atoms with E-state index in [0.717, 1.165) is 19.3 Å². The van der Waals surface area contributed by atoms with E-state index in [-0.39, 0.29) is 5.54 Å². The third kappa shape index (κ3) is 3.52. The molecule has 0 aromatic rings. The summed E-state index contributed by atoms with van der Waals surface area (Å²) in [5, 5.41) is 13.1. The van der Waals surface area contributed by atoms with Crippen molar-refractivity contribution in [2.24, 2.45) is 0 Å². The molecule has 1 saturated carbocycles. The van der Waals surface area contributed by atoms with Crippen LogP contribution in [0.4, 0.5) is 0 Å². The molecule has 1 saturated heterocycles. The van der Waals surface area contributed by atoms with Crippen molar-refractivity contribution in [2.45, 2.75) is 69.6 Å². The van der Waals surface area contributed by atoms with E-state index in [1.165, 1.54) is 25.9 Å². The molecule has 1 aliphatic heterocycles. The topological polar surface area (TPSA) is 42.3 Å². The first-order valence-electron chi connectivity index (χ1n) is 8.05. The number of nitrogens with one attached hydrogen (secondary N) is 1. The Morgan fingerprint density at radius 2 is 2.10 bits per heavy atom. The van der Waals surface area contributed by atoms with Gasteiger partial charge in [-0.3, -0.25) is 10.2 Å². The highest BCUT2D eigenvalue weighted by Crippen LogP contribution is 2.34. The highest BCUT2D eigenvalue weighted by atomic mass is 15.2. The monoisotopic (exact) mass is 278 g/mol. The lowest BCUT2D eigenvalue weighted by molar-refractivity contribution is 0.0953. The number of piperidine rings is 1.